The highest BCUT2D eigenvalue weighted by Crippen LogP contribution is 2.22. The van der Waals surface area contributed by atoms with Crippen LogP contribution in [-0.4, -0.2) is 54.5 Å². The molecule has 0 radical (unpaired) electrons. The summed E-state index contributed by atoms with van der Waals surface area (Å²) in [6.07, 6.45) is 3.77. The Morgan fingerprint density at radius 1 is 1.37 bits per heavy atom. The lowest BCUT2D eigenvalue weighted by atomic mass is 10.1. The molecule has 2 fully saturated rings. The van der Waals surface area contributed by atoms with Crippen LogP contribution in [0.5, 0.6) is 0 Å². The number of carbonyl (C=O) groups is 1. The molecular weight excluding hydrogens is 242 g/mol. The average molecular weight is 263 g/mol. The molecule has 0 bridgehead atoms. The van der Waals surface area contributed by atoms with Gasteiger partial charge in [0, 0.05) is 26.2 Å². The minimum Gasteiger partial charge on any atom is -0.468 e. The van der Waals surface area contributed by atoms with Gasteiger partial charge in [-0.1, -0.05) is 0 Å². The Kier molecular flexibility index (Phi) is 3.84. The highest BCUT2D eigenvalue weighted by Gasteiger charge is 2.34. The molecule has 0 aromatic carbocycles. The van der Waals surface area contributed by atoms with E-state index in [9.17, 15) is 4.79 Å². The van der Waals surface area contributed by atoms with Crippen LogP contribution in [0.3, 0.4) is 0 Å². The van der Waals surface area contributed by atoms with E-state index in [-0.39, 0.29) is 6.04 Å². The van der Waals surface area contributed by atoms with E-state index in [4.69, 9.17) is 4.42 Å². The fraction of sp³-hybridized carbons (Fsp3) is 0.643. The molecule has 1 unspecified atom stereocenters. The summed E-state index contributed by atoms with van der Waals surface area (Å²) in [5.74, 6) is 1.24. The van der Waals surface area contributed by atoms with Crippen LogP contribution < -0.4 is 5.32 Å². The van der Waals surface area contributed by atoms with Crippen molar-refractivity contribution in [2.45, 2.75) is 25.4 Å². The zero-order chi connectivity index (χ0) is 13.1. The Labute approximate surface area is 113 Å². The molecule has 5 nitrogen and oxygen atoms in total. The number of carbonyl (C=O) groups excluding carboxylic acids is 1. The summed E-state index contributed by atoms with van der Waals surface area (Å²) in [5.41, 5.74) is 0. The summed E-state index contributed by atoms with van der Waals surface area (Å²) in [6, 6.07) is 3.92. The zero-order valence-corrected chi connectivity index (χ0v) is 11.2. The number of piperazine rings is 1. The van der Waals surface area contributed by atoms with Crippen LogP contribution in [0.15, 0.2) is 22.8 Å². The van der Waals surface area contributed by atoms with E-state index in [2.05, 4.69) is 10.2 Å². The van der Waals surface area contributed by atoms with Crippen molar-refractivity contribution in [1.82, 2.24) is 15.1 Å². The lowest BCUT2D eigenvalue weighted by molar-refractivity contribution is -0.136. The lowest BCUT2D eigenvalue weighted by Gasteiger charge is -2.32. The summed E-state index contributed by atoms with van der Waals surface area (Å²) in [4.78, 5) is 16.8. The van der Waals surface area contributed by atoms with Gasteiger partial charge in [0.15, 0.2) is 0 Å². The van der Waals surface area contributed by atoms with Crippen LogP contribution in [0.25, 0.3) is 0 Å². The number of amides is 1. The second kappa shape index (κ2) is 5.75. The van der Waals surface area contributed by atoms with Crippen molar-refractivity contribution in [3.05, 3.63) is 24.2 Å². The molecule has 0 aliphatic carbocycles. The van der Waals surface area contributed by atoms with Gasteiger partial charge in [-0.2, -0.15) is 0 Å². The van der Waals surface area contributed by atoms with Gasteiger partial charge in [-0.3, -0.25) is 9.69 Å². The van der Waals surface area contributed by atoms with Crippen molar-refractivity contribution < 1.29 is 9.21 Å². The maximum atomic E-state index is 12.6. The van der Waals surface area contributed by atoms with Gasteiger partial charge in [-0.05, 0) is 31.5 Å². The Hall–Kier alpha value is -1.33. The third-order valence-corrected chi connectivity index (χ3v) is 4.02. The molecule has 2 aliphatic heterocycles. The predicted molar refractivity (Wildman–Crippen MR) is 71.6 cm³/mol. The van der Waals surface area contributed by atoms with Crippen molar-refractivity contribution >= 4 is 5.91 Å². The first kappa shape index (κ1) is 12.7. The van der Waals surface area contributed by atoms with Gasteiger partial charge >= 0.3 is 0 Å². The molecular formula is C14H21N3O2. The van der Waals surface area contributed by atoms with Crippen LogP contribution in [0.2, 0.25) is 0 Å². The quantitative estimate of drug-likeness (QED) is 0.871. The van der Waals surface area contributed by atoms with Gasteiger partial charge in [0.1, 0.15) is 5.76 Å². The van der Waals surface area contributed by atoms with E-state index in [1.54, 1.807) is 6.26 Å². The lowest BCUT2D eigenvalue weighted by Crippen LogP contribution is -2.52. The Morgan fingerprint density at radius 3 is 2.95 bits per heavy atom. The fourth-order valence-corrected chi connectivity index (χ4v) is 2.99. The molecule has 3 rings (SSSR count). The van der Waals surface area contributed by atoms with Gasteiger partial charge in [0.05, 0.1) is 18.8 Å². The average Bonchev–Trinajstić information content (AvgIpc) is 3.11. The second-order valence-corrected chi connectivity index (χ2v) is 5.28. The van der Waals surface area contributed by atoms with Crippen LogP contribution in [0.4, 0.5) is 0 Å². The van der Waals surface area contributed by atoms with Gasteiger partial charge in [0.25, 0.3) is 0 Å². The Balaban J connectivity index is 1.63. The van der Waals surface area contributed by atoms with Crippen LogP contribution in [0.1, 0.15) is 18.6 Å². The maximum Gasteiger partial charge on any atom is 0.240 e. The number of nitrogens with zero attached hydrogens (tertiary/aromatic N) is 2. The SMILES string of the molecule is O=C(C1CCCN1Cc1ccco1)N1CCNCC1. The van der Waals surface area contributed by atoms with E-state index in [0.717, 1.165) is 57.9 Å². The molecule has 19 heavy (non-hydrogen) atoms. The van der Waals surface area contributed by atoms with Crippen LogP contribution in [0, 0.1) is 0 Å². The largest absolute Gasteiger partial charge is 0.468 e. The molecule has 104 valence electrons. The van der Waals surface area contributed by atoms with Gasteiger partial charge in [-0.15, -0.1) is 0 Å². The number of rotatable bonds is 3. The molecule has 1 aromatic heterocycles. The van der Waals surface area contributed by atoms with Crippen molar-refractivity contribution in [1.29, 1.82) is 0 Å². The standard InChI is InChI=1S/C14H21N3O2/c18-14(16-8-5-15-6-9-16)13-4-1-7-17(13)11-12-3-2-10-19-12/h2-3,10,13,15H,1,4-9,11H2. The van der Waals surface area contributed by atoms with Crippen LogP contribution in [-0.2, 0) is 11.3 Å². The number of hydrogen-bond acceptors (Lipinski definition) is 4. The van der Waals surface area contributed by atoms with E-state index in [0.29, 0.717) is 5.91 Å². The predicted octanol–water partition coefficient (Wildman–Crippen LogP) is 0.676. The third-order valence-electron chi connectivity index (χ3n) is 4.02. The van der Waals surface area contributed by atoms with Gasteiger partial charge in [-0.25, -0.2) is 0 Å². The van der Waals surface area contributed by atoms with Gasteiger partial charge < -0.3 is 14.6 Å². The van der Waals surface area contributed by atoms with Crippen LogP contribution >= 0.6 is 0 Å². The minimum absolute atomic E-state index is 0.0446. The first-order valence-corrected chi connectivity index (χ1v) is 7.10. The highest BCUT2D eigenvalue weighted by atomic mass is 16.3. The zero-order valence-electron chi connectivity index (χ0n) is 11.2. The second-order valence-electron chi connectivity index (χ2n) is 5.28. The third kappa shape index (κ3) is 2.82. The minimum atomic E-state index is 0.0446. The normalized spacial score (nSPS) is 24.8. The number of nitrogens with one attached hydrogen (secondary N) is 1. The Morgan fingerprint density at radius 2 is 2.21 bits per heavy atom. The smallest absolute Gasteiger partial charge is 0.240 e. The van der Waals surface area contributed by atoms with Crippen molar-refractivity contribution in [3.63, 3.8) is 0 Å². The maximum absolute atomic E-state index is 12.6. The van der Waals surface area contributed by atoms with Gasteiger partial charge in [0.2, 0.25) is 5.91 Å². The van der Waals surface area contributed by atoms with E-state index in [1.165, 1.54) is 0 Å². The molecule has 1 amide bonds. The molecule has 0 saturated carbocycles. The van der Waals surface area contributed by atoms with E-state index in [1.807, 2.05) is 17.0 Å². The summed E-state index contributed by atoms with van der Waals surface area (Å²) in [6.45, 7) is 5.24. The summed E-state index contributed by atoms with van der Waals surface area (Å²) < 4.78 is 5.39. The number of hydrogen-bond donors (Lipinski definition) is 1. The molecule has 2 aliphatic rings. The first-order valence-electron chi connectivity index (χ1n) is 7.10. The molecule has 3 heterocycles. The molecule has 1 aromatic rings. The van der Waals surface area contributed by atoms with Crippen molar-refractivity contribution in [2.24, 2.45) is 0 Å². The van der Waals surface area contributed by atoms with Crippen molar-refractivity contribution in [3.8, 4) is 0 Å². The summed E-state index contributed by atoms with van der Waals surface area (Å²) in [7, 11) is 0. The molecule has 0 spiro atoms. The van der Waals surface area contributed by atoms with E-state index >= 15 is 0 Å². The number of furan rings is 1. The highest BCUT2D eigenvalue weighted by molar-refractivity contribution is 5.82. The monoisotopic (exact) mass is 263 g/mol. The molecule has 1 atom stereocenters. The number of likely N-dealkylation sites (tertiary alicyclic amines) is 1. The molecule has 5 heteroatoms. The summed E-state index contributed by atoms with van der Waals surface area (Å²) >= 11 is 0. The molecule has 1 N–H and O–H groups in total. The Bertz CT molecular complexity index is 412. The fourth-order valence-electron chi connectivity index (χ4n) is 2.99. The van der Waals surface area contributed by atoms with E-state index < -0.39 is 0 Å². The molecule has 2 saturated heterocycles. The first-order chi connectivity index (χ1) is 9.34. The van der Waals surface area contributed by atoms with Crippen molar-refractivity contribution in [2.75, 3.05) is 32.7 Å². The summed E-state index contributed by atoms with van der Waals surface area (Å²) in [5, 5.41) is 3.29. The topological polar surface area (TPSA) is 48.7 Å².